The van der Waals surface area contributed by atoms with Crippen LogP contribution in [0.25, 0.3) is 66.1 Å². The lowest BCUT2D eigenvalue weighted by atomic mass is 9.79. The molecule has 0 aliphatic heterocycles. The molecule has 8 aromatic carbocycles. The number of nitrogens with zero attached hydrogens (tertiary/aromatic N) is 1. The third kappa shape index (κ3) is 4.23. The van der Waals surface area contributed by atoms with E-state index in [0.29, 0.717) is 0 Å². The second-order valence-electron chi connectivity index (χ2n) is 16.1. The smallest absolute Gasteiger partial charge is 0.143 e. The molecule has 54 heavy (non-hydrogen) atoms. The molecule has 0 spiro atoms. The summed E-state index contributed by atoms with van der Waals surface area (Å²) < 4.78 is 6.90. The van der Waals surface area contributed by atoms with Crippen LogP contribution in [0.2, 0.25) is 0 Å². The van der Waals surface area contributed by atoms with E-state index in [4.69, 9.17) is 4.42 Å². The maximum Gasteiger partial charge on any atom is 0.143 e. The molecule has 2 heteroatoms. The number of furan rings is 1. The van der Waals surface area contributed by atoms with Crippen LogP contribution in [-0.2, 0) is 10.8 Å². The Morgan fingerprint density at radius 3 is 1.78 bits per heavy atom. The van der Waals surface area contributed by atoms with Crippen molar-refractivity contribution in [3.8, 4) is 33.4 Å². The average Bonchev–Trinajstić information content (AvgIpc) is 3.78. The zero-order valence-corrected chi connectivity index (χ0v) is 30.9. The van der Waals surface area contributed by atoms with Crippen LogP contribution < -0.4 is 4.90 Å². The number of benzene rings is 8. The van der Waals surface area contributed by atoms with E-state index >= 15 is 0 Å². The molecule has 0 fully saturated rings. The Balaban J connectivity index is 1.16. The van der Waals surface area contributed by atoms with Gasteiger partial charge in [-0.2, -0.15) is 0 Å². The molecule has 0 atom stereocenters. The van der Waals surface area contributed by atoms with Crippen LogP contribution in [0.15, 0.2) is 168 Å². The minimum atomic E-state index is -0.200. The van der Waals surface area contributed by atoms with E-state index in [0.717, 1.165) is 39.0 Å². The number of hydrogen-bond donors (Lipinski definition) is 0. The maximum absolute atomic E-state index is 6.90. The lowest BCUT2D eigenvalue weighted by molar-refractivity contribution is 0.659. The van der Waals surface area contributed by atoms with Gasteiger partial charge in [-0.1, -0.05) is 149 Å². The van der Waals surface area contributed by atoms with Crippen molar-refractivity contribution in [2.24, 2.45) is 0 Å². The first-order valence-corrected chi connectivity index (χ1v) is 19.0. The molecule has 2 aliphatic carbocycles. The standard InChI is InChI=1S/C52H39NO/c1-51(2)43-20-12-10-16-37(43)38-28-26-36(31-45(38)51)53(34-24-22-33(23-25-34)32-14-6-5-7-15-32)35-27-29-46-42(30-35)48-49-47(39-17-8-9-18-40(39)50(48)54-46)41-19-11-13-21-44(41)52(49,3)4/h5-31H,1-4H3. The van der Waals surface area contributed by atoms with Crippen molar-refractivity contribution < 1.29 is 4.42 Å². The van der Waals surface area contributed by atoms with Crippen molar-refractivity contribution in [2.75, 3.05) is 4.90 Å². The van der Waals surface area contributed by atoms with Gasteiger partial charge in [0.25, 0.3) is 0 Å². The lowest BCUT2D eigenvalue weighted by Crippen LogP contribution is -2.16. The fourth-order valence-electron chi connectivity index (χ4n) is 9.82. The number of hydrogen-bond acceptors (Lipinski definition) is 2. The van der Waals surface area contributed by atoms with Crippen molar-refractivity contribution >= 4 is 49.8 Å². The van der Waals surface area contributed by atoms with Gasteiger partial charge in [0.15, 0.2) is 0 Å². The lowest BCUT2D eigenvalue weighted by Gasteiger charge is -2.28. The van der Waals surface area contributed by atoms with Crippen LogP contribution in [0.3, 0.4) is 0 Å². The molecular weight excluding hydrogens is 655 g/mol. The summed E-state index contributed by atoms with van der Waals surface area (Å²) >= 11 is 0. The third-order valence-electron chi connectivity index (χ3n) is 12.4. The summed E-state index contributed by atoms with van der Waals surface area (Å²) in [6.07, 6.45) is 0. The summed E-state index contributed by atoms with van der Waals surface area (Å²) in [5.41, 5.74) is 18.1. The summed E-state index contributed by atoms with van der Waals surface area (Å²) in [6, 6.07) is 60.0. The molecule has 1 aromatic heterocycles. The highest BCUT2D eigenvalue weighted by Crippen LogP contribution is 2.57. The van der Waals surface area contributed by atoms with Gasteiger partial charge in [-0.3, -0.25) is 0 Å². The molecular formula is C52H39NO. The van der Waals surface area contributed by atoms with E-state index in [2.05, 4.69) is 196 Å². The van der Waals surface area contributed by atoms with Gasteiger partial charge in [0.1, 0.15) is 11.2 Å². The van der Waals surface area contributed by atoms with Crippen LogP contribution in [-0.4, -0.2) is 0 Å². The first-order chi connectivity index (χ1) is 26.3. The quantitative estimate of drug-likeness (QED) is 0.182. The van der Waals surface area contributed by atoms with E-state index in [-0.39, 0.29) is 10.8 Å². The Morgan fingerprint density at radius 1 is 0.426 bits per heavy atom. The fraction of sp³-hybridized carbons (Fsp3) is 0.115. The van der Waals surface area contributed by atoms with Gasteiger partial charge in [-0.25, -0.2) is 0 Å². The van der Waals surface area contributed by atoms with Gasteiger partial charge in [0.2, 0.25) is 0 Å². The minimum Gasteiger partial charge on any atom is -0.455 e. The Morgan fingerprint density at radius 2 is 1.00 bits per heavy atom. The Hall–Kier alpha value is -6.38. The van der Waals surface area contributed by atoms with E-state index < -0.39 is 0 Å². The zero-order chi connectivity index (χ0) is 36.3. The normalized spacial score (nSPS) is 14.6. The molecule has 2 aliphatic rings. The minimum absolute atomic E-state index is 0.113. The molecule has 0 saturated heterocycles. The van der Waals surface area contributed by atoms with Crippen molar-refractivity contribution in [2.45, 2.75) is 38.5 Å². The van der Waals surface area contributed by atoms with Crippen LogP contribution in [0.1, 0.15) is 49.9 Å². The Labute approximate surface area is 315 Å². The van der Waals surface area contributed by atoms with E-state index in [1.54, 1.807) is 0 Å². The molecule has 0 unspecified atom stereocenters. The van der Waals surface area contributed by atoms with Crippen molar-refractivity contribution in [3.05, 3.63) is 186 Å². The highest BCUT2D eigenvalue weighted by molar-refractivity contribution is 6.23. The van der Waals surface area contributed by atoms with Crippen molar-refractivity contribution in [1.29, 1.82) is 0 Å². The van der Waals surface area contributed by atoms with Crippen LogP contribution in [0.5, 0.6) is 0 Å². The number of fused-ring (bicyclic) bond motifs is 13. The molecule has 2 nitrogen and oxygen atoms in total. The van der Waals surface area contributed by atoms with Crippen LogP contribution >= 0.6 is 0 Å². The average molecular weight is 694 g/mol. The zero-order valence-electron chi connectivity index (χ0n) is 30.9. The molecule has 0 radical (unpaired) electrons. The van der Waals surface area contributed by atoms with Crippen LogP contribution in [0, 0.1) is 0 Å². The predicted molar refractivity (Wildman–Crippen MR) is 226 cm³/mol. The summed E-state index contributed by atoms with van der Waals surface area (Å²) in [4.78, 5) is 2.42. The van der Waals surface area contributed by atoms with Gasteiger partial charge in [-0.05, 0) is 103 Å². The van der Waals surface area contributed by atoms with E-state index in [1.807, 2.05) is 0 Å². The van der Waals surface area contributed by atoms with Crippen molar-refractivity contribution in [1.82, 2.24) is 0 Å². The molecule has 11 rings (SSSR count). The predicted octanol–water partition coefficient (Wildman–Crippen LogP) is 14.5. The van der Waals surface area contributed by atoms with Crippen molar-refractivity contribution in [3.63, 3.8) is 0 Å². The summed E-state index contributed by atoms with van der Waals surface area (Å²) in [7, 11) is 0. The van der Waals surface area contributed by atoms with Gasteiger partial charge in [0.05, 0.1) is 0 Å². The molecule has 1 heterocycles. The maximum atomic E-state index is 6.90. The number of rotatable bonds is 4. The Kier molecular flexibility index (Phi) is 6.39. The largest absolute Gasteiger partial charge is 0.455 e. The monoisotopic (exact) mass is 693 g/mol. The summed E-state index contributed by atoms with van der Waals surface area (Å²) in [6.45, 7) is 9.46. The highest BCUT2D eigenvalue weighted by Gasteiger charge is 2.40. The van der Waals surface area contributed by atoms with E-state index in [1.165, 1.54) is 66.4 Å². The molecule has 0 saturated carbocycles. The fourth-order valence-corrected chi connectivity index (χ4v) is 9.82. The SMILES string of the molecule is CC1(C)c2ccccc2-c2ccc(N(c3ccc(-c4ccccc4)cc3)c3ccc4oc5c6ccccc6c6c(c5c4c3)C(C)(C)c3ccccc3-6)cc21. The third-order valence-corrected chi connectivity index (χ3v) is 12.4. The molecule has 0 N–H and O–H groups in total. The highest BCUT2D eigenvalue weighted by atomic mass is 16.3. The number of anilines is 3. The summed E-state index contributed by atoms with van der Waals surface area (Å²) in [5.74, 6) is 0. The molecule has 9 aromatic rings. The first-order valence-electron chi connectivity index (χ1n) is 19.0. The second kappa shape index (κ2) is 11.1. The first kappa shape index (κ1) is 31.2. The molecule has 258 valence electrons. The van der Waals surface area contributed by atoms with E-state index in [9.17, 15) is 0 Å². The van der Waals surface area contributed by atoms with Gasteiger partial charge < -0.3 is 9.32 Å². The molecule has 0 amide bonds. The van der Waals surface area contributed by atoms with Crippen LogP contribution in [0.4, 0.5) is 17.1 Å². The second-order valence-corrected chi connectivity index (χ2v) is 16.1. The van der Waals surface area contributed by atoms with Gasteiger partial charge in [0, 0.05) is 44.1 Å². The molecule has 0 bridgehead atoms. The Bertz CT molecular complexity index is 2980. The van der Waals surface area contributed by atoms with Gasteiger partial charge >= 0.3 is 0 Å². The summed E-state index contributed by atoms with van der Waals surface area (Å²) in [5, 5.41) is 4.77. The topological polar surface area (TPSA) is 16.4 Å². The van der Waals surface area contributed by atoms with Gasteiger partial charge in [-0.15, -0.1) is 0 Å².